The molecule has 2 amide bonds. The van der Waals surface area contributed by atoms with E-state index in [-0.39, 0.29) is 35.0 Å². The summed E-state index contributed by atoms with van der Waals surface area (Å²) in [5, 5.41) is 6.82. The fourth-order valence-corrected chi connectivity index (χ4v) is 2.96. The second-order valence-electron chi connectivity index (χ2n) is 7.59. The number of anilines is 1. The zero-order chi connectivity index (χ0) is 25.0. The minimum Gasteiger partial charge on any atom is -0.493 e. The van der Waals surface area contributed by atoms with E-state index < -0.39 is 17.7 Å². The molecule has 0 radical (unpaired) electrons. The fraction of sp³-hybridized carbons (Fsp3) is 0.261. The average Bonchev–Trinajstić information content (AvgIpc) is 3.23. The molecular weight excluding hydrogens is 453 g/mol. The first-order chi connectivity index (χ1) is 16.0. The highest BCUT2D eigenvalue weighted by atomic mass is 19.4. The van der Waals surface area contributed by atoms with Gasteiger partial charge >= 0.3 is 18.2 Å². The normalized spacial score (nSPS) is 11.3. The van der Waals surface area contributed by atoms with Crippen molar-refractivity contribution in [3.05, 3.63) is 66.0 Å². The molecule has 0 saturated heterocycles. The van der Waals surface area contributed by atoms with Crippen LogP contribution < -0.4 is 19.7 Å². The van der Waals surface area contributed by atoms with Crippen LogP contribution in [0.1, 0.15) is 29.9 Å². The number of nitrogens with zero attached hydrogens (tertiary/aromatic N) is 3. The molecule has 0 aliphatic rings. The molecule has 0 fully saturated rings. The van der Waals surface area contributed by atoms with E-state index in [1.165, 1.54) is 42.5 Å². The van der Waals surface area contributed by atoms with E-state index in [1.807, 2.05) is 13.8 Å². The van der Waals surface area contributed by atoms with Crippen molar-refractivity contribution in [3.8, 4) is 17.2 Å². The van der Waals surface area contributed by atoms with Gasteiger partial charge in [0, 0.05) is 18.8 Å². The van der Waals surface area contributed by atoms with Gasteiger partial charge in [-0.25, -0.2) is 14.3 Å². The highest BCUT2D eigenvalue weighted by molar-refractivity contribution is 5.93. The molecule has 3 aromatic rings. The number of ether oxygens (including phenoxy) is 2. The number of nitrogens with one attached hydrogen (secondary N) is 1. The second-order valence-corrected chi connectivity index (χ2v) is 7.59. The summed E-state index contributed by atoms with van der Waals surface area (Å²) in [6, 6.07) is 10.4. The van der Waals surface area contributed by atoms with Crippen LogP contribution in [0.25, 0.3) is 5.69 Å². The van der Waals surface area contributed by atoms with E-state index >= 15 is 0 Å². The van der Waals surface area contributed by atoms with E-state index in [9.17, 15) is 22.8 Å². The number of hydrogen-bond donors (Lipinski definition) is 1. The number of aromatic nitrogens is 2. The lowest BCUT2D eigenvalue weighted by atomic mass is 10.2. The van der Waals surface area contributed by atoms with Crippen molar-refractivity contribution in [1.29, 1.82) is 0 Å². The molecule has 1 heterocycles. The number of hydrogen-bond acceptors (Lipinski definition) is 5. The standard InChI is InChI=1S/C23H23F3N4O4/c1-14(2)27-22(32)29(3)16-8-10-18(11-9-16)34-21(31)20-19(33-4)13-30(28-20)17-7-5-6-15(12-17)23(24,25)26/h5-14H,1-4H3,(H,27,32). The first-order valence-corrected chi connectivity index (χ1v) is 10.2. The predicted molar refractivity (Wildman–Crippen MR) is 119 cm³/mol. The van der Waals surface area contributed by atoms with Gasteiger partial charge in [0.1, 0.15) is 5.75 Å². The molecule has 34 heavy (non-hydrogen) atoms. The monoisotopic (exact) mass is 476 g/mol. The van der Waals surface area contributed by atoms with E-state index in [4.69, 9.17) is 9.47 Å². The summed E-state index contributed by atoms with van der Waals surface area (Å²) in [5.74, 6) is -0.646. The largest absolute Gasteiger partial charge is 0.493 e. The molecule has 2 aromatic carbocycles. The first kappa shape index (κ1) is 24.6. The van der Waals surface area contributed by atoms with Crippen LogP contribution in [0.5, 0.6) is 11.5 Å². The number of amides is 2. The maximum Gasteiger partial charge on any atom is 0.416 e. The highest BCUT2D eigenvalue weighted by Crippen LogP contribution is 2.31. The van der Waals surface area contributed by atoms with E-state index in [0.29, 0.717) is 5.69 Å². The van der Waals surface area contributed by atoms with Gasteiger partial charge in [0.25, 0.3) is 0 Å². The fourth-order valence-electron chi connectivity index (χ4n) is 2.96. The van der Waals surface area contributed by atoms with Crippen molar-refractivity contribution < 1.29 is 32.2 Å². The third-order valence-electron chi connectivity index (χ3n) is 4.68. The Labute approximate surface area is 193 Å². The van der Waals surface area contributed by atoms with Gasteiger partial charge in [-0.1, -0.05) is 6.07 Å². The molecule has 3 rings (SSSR count). The first-order valence-electron chi connectivity index (χ1n) is 10.2. The Balaban J connectivity index is 1.78. The summed E-state index contributed by atoms with van der Waals surface area (Å²) in [7, 11) is 2.90. The SMILES string of the molecule is COc1cn(-c2cccc(C(F)(F)F)c2)nc1C(=O)Oc1ccc(N(C)C(=O)NC(C)C)cc1. The van der Waals surface area contributed by atoms with Crippen LogP contribution in [0, 0.1) is 0 Å². The maximum absolute atomic E-state index is 13.0. The van der Waals surface area contributed by atoms with Gasteiger partial charge in [-0.05, 0) is 56.3 Å². The molecule has 0 bridgehead atoms. The van der Waals surface area contributed by atoms with E-state index in [0.717, 1.165) is 16.8 Å². The summed E-state index contributed by atoms with van der Waals surface area (Å²) in [6.45, 7) is 3.69. The summed E-state index contributed by atoms with van der Waals surface area (Å²) < 4.78 is 50.7. The minimum atomic E-state index is -4.52. The molecule has 1 aromatic heterocycles. The second kappa shape index (κ2) is 9.86. The van der Waals surface area contributed by atoms with Crippen LogP contribution in [-0.4, -0.2) is 42.0 Å². The van der Waals surface area contributed by atoms with Crippen molar-refractivity contribution in [2.45, 2.75) is 26.1 Å². The number of alkyl halides is 3. The predicted octanol–water partition coefficient (Wildman–Crippen LogP) is 4.67. The van der Waals surface area contributed by atoms with Gasteiger partial charge < -0.3 is 14.8 Å². The number of halogens is 3. The van der Waals surface area contributed by atoms with Gasteiger partial charge in [0.2, 0.25) is 5.69 Å². The Morgan fingerprint density at radius 2 is 1.79 bits per heavy atom. The Morgan fingerprint density at radius 1 is 1.12 bits per heavy atom. The molecular formula is C23H23F3N4O4. The van der Waals surface area contributed by atoms with Crippen molar-refractivity contribution in [2.75, 3.05) is 19.1 Å². The maximum atomic E-state index is 13.0. The molecule has 0 aliphatic carbocycles. The van der Waals surface area contributed by atoms with Gasteiger partial charge in [-0.3, -0.25) is 4.90 Å². The lowest BCUT2D eigenvalue weighted by Gasteiger charge is -2.19. The molecule has 0 atom stereocenters. The zero-order valence-corrected chi connectivity index (χ0v) is 18.9. The number of methoxy groups -OCH3 is 1. The minimum absolute atomic E-state index is 0.0269. The number of rotatable bonds is 6. The van der Waals surface area contributed by atoms with Crippen molar-refractivity contribution in [1.82, 2.24) is 15.1 Å². The molecule has 180 valence electrons. The lowest BCUT2D eigenvalue weighted by molar-refractivity contribution is -0.137. The highest BCUT2D eigenvalue weighted by Gasteiger charge is 2.31. The van der Waals surface area contributed by atoms with Crippen molar-refractivity contribution in [3.63, 3.8) is 0 Å². The van der Waals surface area contributed by atoms with Crippen molar-refractivity contribution >= 4 is 17.7 Å². The topological polar surface area (TPSA) is 85.7 Å². The van der Waals surface area contributed by atoms with Crippen LogP contribution in [0.15, 0.2) is 54.7 Å². The molecule has 0 unspecified atom stereocenters. The number of benzene rings is 2. The summed E-state index contributed by atoms with van der Waals surface area (Å²) in [4.78, 5) is 26.2. The molecule has 0 spiro atoms. The average molecular weight is 476 g/mol. The van der Waals surface area contributed by atoms with Gasteiger partial charge in [-0.15, -0.1) is 0 Å². The van der Waals surface area contributed by atoms with Crippen LogP contribution in [-0.2, 0) is 6.18 Å². The number of urea groups is 1. The Kier molecular flexibility index (Phi) is 7.14. The van der Waals surface area contributed by atoms with Crippen LogP contribution in [0.3, 0.4) is 0 Å². The summed E-state index contributed by atoms with van der Waals surface area (Å²) >= 11 is 0. The Bertz CT molecular complexity index is 1170. The lowest BCUT2D eigenvalue weighted by Crippen LogP contribution is -2.40. The van der Waals surface area contributed by atoms with Gasteiger partial charge in [0.05, 0.1) is 24.6 Å². The van der Waals surface area contributed by atoms with Crippen LogP contribution in [0.4, 0.5) is 23.7 Å². The molecule has 1 N–H and O–H groups in total. The van der Waals surface area contributed by atoms with E-state index in [1.54, 1.807) is 19.2 Å². The van der Waals surface area contributed by atoms with Gasteiger partial charge in [-0.2, -0.15) is 18.3 Å². The molecule has 11 heteroatoms. The van der Waals surface area contributed by atoms with Crippen LogP contribution >= 0.6 is 0 Å². The Morgan fingerprint density at radius 3 is 2.38 bits per heavy atom. The Hall–Kier alpha value is -4.02. The summed E-state index contributed by atoms with van der Waals surface area (Å²) in [5.41, 5.74) is -0.392. The third-order valence-corrected chi connectivity index (χ3v) is 4.68. The molecule has 8 nitrogen and oxygen atoms in total. The number of esters is 1. The molecule has 0 saturated carbocycles. The van der Waals surface area contributed by atoms with Crippen molar-refractivity contribution in [2.24, 2.45) is 0 Å². The zero-order valence-electron chi connectivity index (χ0n) is 18.9. The number of carbonyl (C=O) groups excluding carboxylic acids is 2. The van der Waals surface area contributed by atoms with E-state index in [2.05, 4.69) is 10.4 Å². The third kappa shape index (κ3) is 5.66. The van der Waals surface area contributed by atoms with Gasteiger partial charge in [0.15, 0.2) is 5.75 Å². The smallest absolute Gasteiger partial charge is 0.416 e. The summed E-state index contributed by atoms with van der Waals surface area (Å²) in [6.07, 6.45) is -3.23. The number of carbonyl (C=O) groups is 2. The molecule has 0 aliphatic heterocycles. The van der Waals surface area contributed by atoms with Crippen LogP contribution in [0.2, 0.25) is 0 Å². The quantitative estimate of drug-likeness (QED) is 0.413.